The van der Waals surface area contributed by atoms with E-state index in [4.69, 9.17) is 34.2 Å². The van der Waals surface area contributed by atoms with Crippen molar-refractivity contribution in [3.8, 4) is 28.7 Å². The highest BCUT2D eigenvalue weighted by atomic mass is 16.6. The van der Waals surface area contributed by atoms with Gasteiger partial charge in [-0.1, -0.05) is 38.1 Å². The Labute approximate surface area is 423 Å². The molecule has 1 unspecified atom stereocenters. The van der Waals surface area contributed by atoms with Crippen molar-refractivity contribution < 1.29 is 57.5 Å². The van der Waals surface area contributed by atoms with Gasteiger partial charge in [0.25, 0.3) is 11.8 Å². The van der Waals surface area contributed by atoms with Crippen molar-refractivity contribution in [1.29, 1.82) is 0 Å². The standard InChI is InChI=1S/C54H63N7O12/c1-30(2)47(55)49(63)57-31(3)48(62)58-35-13-11-32(12-14-35)28-73-53(67)61-41-24-46(44(70-6)22-39(41)51(65)60-29-54(15-16-54)25-42(60)52(61)66)72-18-8-17-71-45-23-40-38(21-43(45)69-5)50(64)59-27-34(19-36(59)26-56-40)33-9-7-10-37(20-33)68-4/h7,9-14,20-24,27,30-31,36,42,47,52,56,66H,8,15-19,25-26,28-29,55H2,1-6H3,(H,57,63)(H,58,62)/t31-,36-,42-,47-,52?/m0/s1. The molecule has 4 aromatic carbocycles. The van der Waals surface area contributed by atoms with E-state index >= 15 is 0 Å². The Morgan fingerprint density at radius 3 is 2.22 bits per heavy atom. The van der Waals surface area contributed by atoms with E-state index in [2.05, 4.69) is 16.0 Å². The number of ether oxygens (including phenoxy) is 6. The molecular formula is C54H63N7O12. The molecule has 4 heterocycles. The summed E-state index contributed by atoms with van der Waals surface area (Å²) in [5.41, 5.74) is 10.3. The fourth-order valence-electron chi connectivity index (χ4n) is 9.85. The fraction of sp³-hybridized carbons (Fsp3) is 0.426. The maximum Gasteiger partial charge on any atom is 0.416 e. The zero-order chi connectivity index (χ0) is 51.7. The first kappa shape index (κ1) is 50.4. The Balaban J connectivity index is 0.858. The predicted octanol–water partition coefficient (Wildman–Crippen LogP) is 6.14. The number of aliphatic hydroxyl groups is 1. The van der Waals surface area contributed by atoms with Gasteiger partial charge in [0.2, 0.25) is 11.8 Å². The predicted molar refractivity (Wildman–Crippen MR) is 271 cm³/mol. The fourth-order valence-corrected chi connectivity index (χ4v) is 9.85. The number of anilines is 3. The van der Waals surface area contributed by atoms with E-state index < -0.39 is 42.3 Å². The summed E-state index contributed by atoms with van der Waals surface area (Å²) in [4.78, 5) is 72.3. The zero-order valence-electron chi connectivity index (χ0n) is 41.9. The van der Waals surface area contributed by atoms with Crippen LogP contribution in [0.15, 0.2) is 79.0 Å². The van der Waals surface area contributed by atoms with Crippen LogP contribution in [0.1, 0.15) is 84.7 Å². The number of rotatable bonds is 17. The summed E-state index contributed by atoms with van der Waals surface area (Å²) in [6.45, 7) is 6.32. The van der Waals surface area contributed by atoms with Gasteiger partial charge in [0.05, 0.1) is 75.2 Å². The molecule has 5 amide bonds. The zero-order valence-corrected chi connectivity index (χ0v) is 41.9. The van der Waals surface area contributed by atoms with Crippen molar-refractivity contribution in [1.82, 2.24) is 15.1 Å². The van der Waals surface area contributed by atoms with Crippen LogP contribution in [0.5, 0.6) is 28.7 Å². The number of nitrogens with zero attached hydrogens (tertiary/aromatic N) is 3. The minimum absolute atomic E-state index is 0.0920. The molecule has 19 nitrogen and oxygen atoms in total. The summed E-state index contributed by atoms with van der Waals surface area (Å²) >= 11 is 0. The molecule has 5 aliphatic rings. The number of carbonyl (C=O) groups is 5. The molecule has 73 heavy (non-hydrogen) atoms. The highest BCUT2D eigenvalue weighted by Gasteiger charge is 2.58. The van der Waals surface area contributed by atoms with E-state index in [1.807, 2.05) is 44.3 Å². The first-order valence-electron chi connectivity index (χ1n) is 24.6. The average Bonchev–Trinajstić information content (AvgIpc) is 3.90. The number of fused-ring (bicyclic) bond motifs is 4. The van der Waals surface area contributed by atoms with Crippen molar-refractivity contribution in [2.24, 2.45) is 17.1 Å². The monoisotopic (exact) mass is 1000 g/mol. The van der Waals surface area contributed by atoms with Crippen molar-refractivity contribution >= 4 is 52.4 Å². The Morgan fingerprint density at radius 1 is 0.849 bits per heavy atom. The summed E-state index contributed by atoms with van der Waals surface area (Å²) in [7, 11) is 4.61. The van der Waals surface area contributed by atoms with E-state index in [-0.39, 0.29) is 71.8 Å². The number of amides is 5. The van der Waals surface area contributed by atoms with Crippen molar-refractivity contribution in [3.63, 3.8) is 0 Å². The maximum absolute atomic E-state index is 14.3. The van der Waals surface area contributed by atoms with Crippen LogP contribution in [0.4, 0.5) is 21.9 Å². The largest absolute Gasteiger partial charge is 0.497 e. The van der Waals surface area contributed by atoms with Crippen LogP contribution in [0.3, 0.4) is 0 Å². The Morgan fingerprint density at radius 2 is 1.55 bits per heavy atom. The molecule has 0 bridgehead atoms. The summed E-state index contributed by atoms with van der Waals surface area (Å²) in [6, 6.07) is 18.6. The number of nitrogens with one attached hydrogen (secondary N) is 3. The van der Waals surface area contributed by atoms with Gasteiger partial charge in [-0.3, -0.25) is 19.2 Å². The van der Waals surface area contributed by atoms with Crippen LogP contribution in [0.25, 0.3) is 5.57 Å². The van der Waals surface area contributed by atoms with Gasteiger partial charge in [0.1, 0.15) is 18.4 Å². The highest BCUT2D eigenvalue weighted by molar-refractivity contribution is 6.06. The van der Waals surface area contributed by atoms with Crippen LogP contribution >= 0.6 is 0 Å². The second kappa shape index (κ2) is 20.9. The second-order valence-electron chi connectivity index (χ2n) is 19.7. The quantitative estimate of drug-likeness (QED) is 0.0749. The molecule has 5 atom stereocenters. The molecule has 4 aromatic rings. The number of hydrogen-bond acceptors (Lipinski definition) is 14. The first-order valence-corrected chi connectivity index (χ1v) is 24.6. The van der Waals surface area contributed by atoms with E-state index in [0.29, 0.717) is 66.4 Å². The lowest BCUT2D eigenvalue weighted by molar-refractivity contribution is -0.127. The minimum atomic E-state index is -1.44. The van der Waals surface area contributed by atoms with Gasteiger partial charge in [0, 0.05) is 43.5 Å². The normalized spacial score (nSPS) is 20.0. The topological polar surface area (TPSA) is 233 Å². The lowest BCUT2D eigenvalue weighted by atomic mass is 10.0. The number of aliphatic hydroxyl groups excluding tert-OH is 1. The molecule has 1 spiro atoms. The maximum atomic E-state index is 14.3. The molecule has 4 aliphatic heterocycles. The molecule has 0 aromatic heterocycles. The van der Waals surface area contributed by atoms with Crippen LogP contribution in [-0.4, -0.2) is 123 Å². The average molecular weight is 1000 g/mol. The smallest absolute Gasteiger partial charge is 0.416 e. The lowest BCUT2D eigenvalue weighted by Crippen LogP contribution is -2.50. The van der Waals surface area contributed by atoms with Gasteiger partial charge in [-0.2, -0.15) is 0 Å². The minimum Gasteiger partial charge on any atom is -0.497 e. The number of benzene rings is 4. The molecule has 6 N–H and O–H groups in total. The van der Waals surface area contributed by atoms with Gasteiger partial charge >= 0.3 is 6.09 Å². The van der Waals surface area contributed by atoms with Crippen LogP contribution in [0.2, 0.25) is 0 Å². The molecular weight excluding hydrogens is 939 g/mol. The van der Waals surface area contributed by atoms with Crippen molar-refractivity contribution in [2.75, 3.05) is 63.2 Å². The van der Waals surface area contributed by atoms with Gasteiger partial charge in [-0.05, 0) is 97.0 Å². The molecule has 2 fully saturated rings. The highest BCUT2D eigenvalue weighted by Crippen LogP contribution is 2.57. The Bertz CT molecular complexity index is 2810. The van der Waals surface area contributed by atoms with Gasteiger partial charge in [-0.25, -0.2) is 9.69 Å². The molecule has 1 saturated carbocycles. The first-order chi connectivity index (χ1) is 35.1. The number of hydrogen-bond donors (Lipinski definition) is 5. The number of nitrogens with two attached hydrogens (primary N) is 1. The third-order valence-corrected chi connectivity index (χ3v) is 14.4. The van der Waals surface area contributed by atoms with E-state index in [9.17, 15) is 29.1 Å². The van der Waals surface area contributed by atoms with Crippen LogP contribution < -0.4 is 50.3 Å². The molecule has 386 valence electrons. The summed E-state index contributed by atoms with van der Waals surface area (Å²) in [5.74, 6) is 0.610. The second-order valence-corrected chi connectivity index (χ2v) is 19.7. The van der Waals surface area contributed by atoms with Gasteiger partial charge in [-0.15, -0.1) is 0 Å². The third kappa shape index (κ3) is 10.4. The summed E-state index contributed by atoms with van der Waals surface area (Å²) in [5, 5.41) is 20.9. The van der Waals surface area contributed by atoms with E-state index in [1.54, 1.807) is 60.2 Å². The van der Waals surface area contributed by atoms with Crippen molar-refractivity contribution in [3.05, 3.63) is 101 Å². The third-order valence-electron chi connectivity index (χ3n) is 14.4. The number of methoxy groups -OCH3 is 3. The van der Waals surface area contributed by atoms with Gasteiger partial charge in [0.15, 0.2) is 29.2 Å². The lowest BCUT2D eigenvalue weighted by Gasteiger charge is -2.31. The molecule has 0 radical (unpaired) electrons. The van der Waals surface area contributed by atoms with Gasteiger partial charge < -0.3 is 65.0 Å². The molecule has 19 heteroatoms. The van der Waals surface area contributed by atoms with Crippen molar-refractivity contribution in [2.45, 2.75) is 89.9 Å². The molecule has 1 saturated heterocycles. The summed E-state index contributed by atoms with van der Waals surface area (Å²) in [6.07, 6.45) is 3.03. The van der Waals surface area contributed by atoms with E-state index in [0.717, 1.165) is 34.6 Å². The SMILES string of the molecule is COc1cccc(C2=CN3C(=O)c4cc(OC)c(OCCCOc5cc6c(cc5OC)C(=O)N5CC7(CC7)C[C@H]5C(O)N6C(=O)OCc5ccc(NC(=O)[C@H](C)NC(=O)[C@@H](N)C(C)C)cc5)cc4NC[C@@H]3C2)c1. The van der Waals surface area contributed by atoms with Crippen LogP contribution in [-0.2, 0) is 20.9 Å². The summed E-state index contributed by atoms with van der Waals surface area (Å²) < 4.78 is 35.1. The number of carbonyl (C=O) groups excluding carboxylic acids is 5. The Hall–Kier alpha value is -7.51. The molecule has 1 aliphatic carbocycles. The van der Waals surface area contributed by atoms with Crippen LogP contribution in [0, 0.1) is 11.3 Å². The molecule has 9 rings (SSSR count). The van der Waals surface area contributed by atoms with E-state index in [1.165, 1.54) is 26.4 Å². The Kier molecular flexibility index (Phi) is 14.4.